The highest BCUT2D eigenvalue weighted by molar-refractivity contribution is 5.87. The maximum absolute atomic E-state index is 13.8. The average molecular weight is 625 g/mol. The summed E-state index contributed by atoms with van der Waals surface area (Å²) >= 11 is 0. The highest BCUT2D eigenvalue weighted by Gasteiger charge is 2.43. The molecule has 1 spiro atoms. The SMILES string of the molecule is CCOc1cc2c(cc1OCC)C1(CCC(C(=O)N3CCN(c4ncnc5c4cnn5Cc4cccc(C)n4)CC3)CC1)NCC2. The number of pyridine rings is 1. The van der Waals surface area contributed by atoms with E-state index in [1.54, 1.807) is 6.33 Å². The molecule has 3 aromatic heterocycles. The minimum atomic E-state index is -0.113. The third-order valence-corrected chi connectivity index (χ3v) is 9.89. The molecule has 2 fully saturated rings. The number of nitrogens with one attached hydrogen (secondary N) is 1. The minimum absolute atomic E-state index is 0.0534. The molecule has 7 rings (SSSR count). The average Bonchev–Trinajstić information content (AvgIpc) is 3.48. The number of hydrogen-bond acceptors (Lipinski definition) is 9. The number of piperazine rings is 1. The van der Waals surface area contributed by atoms with Gasteiger partial charge in [0.25, 0.3) is 0 Å². The Balaban J connectivity index is 0.992. The first-order valence-corrected chi connectivity index (χ1v) is 16.8. The van der Waals surface area contributed by atoms with Crippen molar-refractivity contribution in [3.63, 3.8) is 0 Å². The van der Waals surface area contributed by atoms with Crippen LogP contribution in [0.25, 0.3) is 11.0 Å². The summed E-state index contributed by atoms with van der Waals surface area (Å²) in [7, 11) is 0. The number of rotatable bonds is 8. The topological polar surface area (TPSA) is 111 Å². The van der Waals surface area contributed by atoms with E-state index in [0.717, 1.165) is 91.5 Å². The van der Waals surface area contributed by atoms with Crippen LogP contribution in [0.2, 0.25) is 0 Å². The summed E-state index contributed by atoms with van der Waals surface area (Å²) in [6.07, 6.45) is 8.07. The van der Waals surface area contributed by atoms with Crippen molar-refractivity contribution in [2.75, 3.05) is 50.8 Å². The van der Waals surface area contributed by atoms with Crippen LogP contribution in [0.3, 0.4) is 0 Å². The Morgan fingerprint density at radius 2 is 1.78 bits per heavy atom. The lowest BCUT2D eigenvalue weighted by molar-refractivity contribution is -0.137. The van der Waals surface area contributed by atoms with Crippen LogP contribution in [0.5, 0.6) is 11.5 Å². The summed E-state index contributed by atoms with van der Waals surface area (Å²) in [5.41, 5.74) is 5.26. The van der Waals surface area contributed by atoms with Crippen LogP contribution in [0, 0.1) is 12.8 Å². The molecule has 4 aromatic rings. The Labute approximate surface area is 270 Å². The van der Waals surface area contributed by atoms with Gasteiger partial charge in [-0.1, -0.05) is 6.07 Å². The molecule has 1 amide bonds. The standard InChI is InChI=1S/C35H44N8O3/c1-4-45-30-19-26-11-14-38-35(29(26)20-31(30)46-5-2)12-9-25(10-13-35)34(44)42-17-15-41(16-18-42)32-28-21-39-43(33(28)37-23-36-32)22-27-8-6-7-24(3)40-27/h6-8,19-21,23,25,38H,4-5,9-18,22H2,1-3H3. The van der Waals surface area contributed by atoms with Gasteiger partial charge in [-0.25, -0.2) is 14.6 Å². The minimum Gasteiger partial charge on any atom is -0.490 e. The summed E-state index contributed by atoms with van der Waals surface area (Å²) < 4.78 is 13.8. The number of fused-ring (bicyclic) bond motifs is 3. The van der Waals surface area contributed by atoms with E-state index in [0.29, 0.717) is 38.8 Å². The van der Waals surface area contributed by atoms with Crippen LogP contribution in [-0.2, 0) is 23.3 Å². The molecule has 3 aliphatic rings. The third kappa shape index (κ3) is 5.77. The fourth-order valence-electron chi connectivity index (χ4n) is 7.61. The van der Waals surface area contributed by atoms with Crippen molar-refractivity contribution in [1.82, 2.24) is 34.9 Å². The molecule has 0 radical (unpaired) electrons. The van der Waals surface area contributed by atoms with Crippen LogP contribution in [-0.4, -0.2) is 81.5 Å². The predicted octanol–water partition coefficient (Wildman–Crippen LogP) is 4.26. The Hall–Kier alpha value is -4.25. The molecule has 2 aliphatic heterocycles. The number of anilines is 1. The molecule has 5 heterocycles. The van der Waals surface area contributed by atoms with Crippen molar-refractivity contribution in [2.24, 2.45) is 5.92 Å². The number of carbonyl (C=O) groups excluding carboxylic acids is 1. The Kier molecular flexibility index (Phi) is 8.50. The number of carbonyl (C=O) groups is 1. The number of amides is 1. The molecule has 1 aromatic carbocycles. The van der Waals surface area contributed by atoms with Gasteiger partial charge in [0, 0.05) is 49.9 Å². The van der Waals surface area contributed by atoms with Gasteiger partial charge in [0.15, 0.2) is 17.1 Å². The van der Waals surface area contributed by atoms with Crippen LogP contribution in [0.15, 0.2) is 42.9 Å². The number of ether oxygens (including phenoxy) is 2. The monoisotopic (exact) mass is 624 g/mol. The summed E-state index contributed by atoms with van der Waals surface area (Å²) in [5.74, 6) is 2.87. The van der Waals surface area contributed by atoms with Gasteiger partial charge in [-0.05, 0) is 88.3 Å². The van der Waals surface area contributed by atoms with E-state index in [9.17, 15) is 4.79 Å². The lowest BCUT2D eigenvalue weighted by atomic mass is 9.69. The number of aromatic nitrogens is 5. The second-order valence-corrected chi connectivity index (χ2v) is 12.7. The molecule has 0 bridgehead atoms. The second kappa shape index (κ2) is 12.9. The highest BCUT2D eigenvalue weighted by Crippen LogP contribution is 2.46. The molecular weight excluding hydrogens is 580 g/mol. The Bertz CT molecular complexity index is 1710. The number of hydrogen-bond donors (Lipinski definition) is 1. The van der Waals surface area contributed by atoms with Gasteiger partial charge in [-0.3, -0.25) is 9.78 Å². The molecule has 1 saturated carbocycles. The summed E-state index contributed by atoms with van der Waals surface area (Å²) in [4.78, 5) is 31.9. The van der Waals surface area contributed by atoms with Gasteiger partial charge in [-0.2, -0.15) is 5.10 Å². The Morgan fingerprint density at radius 3 is 2.52 bits per heavy atom. The molecule has 1 aliphatic carbocycles. The van der Waals surface area contributed by atoms with E-state index in [4.69, 9.17) is 9.47 Å². The summed E-state index contributed by atoms with van der Waals surface area (Å²) in [5, 5.41) is 9.40. The van der Waals surface area contributed by atoms with E-state index in [1.807, 2.05) is 49.8 Å². The normalized spacial score (nSPS) is 21.4. The third-order valence-electron chi connectivity index (χ3n) is 9.89. The van der Waals surface area contributed by atoms with Crippen LogP contribution in [0.1, 0.15) is 62.0 Å². The summed E-state index contributed by atoms with van der Waals surface area (Å²) in [6, 6.07) is 10.4. The zero-order chi connectivity index (χ0) is 31.7. The first-order valence-electron chi connectivity index (χ1n) is 16.8. The van der Waals surface area contributed by atoms with Crippen LogP contribution < -0.4 is 19.7 Å². The van der Waals surface area contributed by atoms with Crippen molar-refractivity contribution in [1.29, 1.82) is 0 Å². The first kappa shape index (κ1) is 30.4. The number of nitrogens with zero attached hydrogens (tertiary/aromatic N) is 7. The highest BCUT2D eigenvalue weighted by atomic mass is 16.5. The van der Waals surface area contributed by atoms with E-state index in [2.05, 4.69) is 47.3 Å². The molecule has 0 unspecified atom stereocenters. The van der Waals surface area contributed by atoms with Crippen molar-refractivity contribution >= 4 is 22.8 Å². The zero-order valence-corrected chi connectivity index (χ0v) is 27.2. The maximum Gasteiger partial charge on any atom is 0.225 e. The van der Waals surface area contributed by atoms with Crippen molar-refractivity contribution in [2.45, 2.75) is 65.0 Å². The molecule has 242 valence electrons. The number of benzene rings is 1. The second-order valence-electron chi connectivity index (χ2n) is 12.7. The van der Waals surface area contributed by atoms with E-state index < -0.39 is 0 Å². The molecule has 11 heteroatoms. The lowest BCUT2D eigenvalue weighted by Gasteiger charge is -2.46. The maximum atomic E-state index is 13.8. The molecule has 11 nitrogen and oxygen atoms in total. The Morgan fingerprint density at radius 1 is 1.02 bits per heavy atom. The molecule has 1 N–H and O–H groups in total. The van der Waals surface area contributed by atoms with Crippen LogP contribution >= 0.6 is 0 Å². The summed E-state index contributed by atoms with van der Waals surface area (Å²) in [6.45, 7) is 11.5. The van der Waals surface area contributed by atoms with Gasteiger partial charge in [0.1, 0.15) is 12.1 Å². The molecule has 1 saturated heterocycles. The molecular formula is C35H44N8O3. The van der Waals surface area contributed by atoms with Gasteiger partial charge in [-0.15, -0.1) is 0 Å². The fraction of sp³-hybridized carbons (Fsp3) is 0.514. The quantitative estimate of drug-likeness (QED) is 0.308. The van der Waals surface area contributed by atoms with Gasteiger partial charge in [0.2, 0.25) is 5.91 Å². The van der Waals surface area contributed by atoms with Gasteiger partial charge < -0.3 is 24.6 Å². The zero-order valence-electron chi connectivity index (χ0n) is 27.2. The largest absolute Gasteiger partial charge is 0.490 e. The van der Waals surface area contributed by atoms with Gasteiger partial charge in [0.05, 0.1) is 37.0 Å². The smallest absolute Gasteiger partial charge is 0.225 e. The van der Waals surface area contributed by atoms with E-state index >= 15 is 0 Å². The number of aryl methyl sites for hydroxylation is 1. The molecule has 46 heavy (non-hydrogen) atoms. The fourth-order valence-corrected chi connectivity index (χ4v) is 7.61. The first-order chi connectivity index (χ1) is 22.5. The van der Waals surface area contributed by atoms with Crippen molar-refractivity contribution < 1.29 is 14.3 Å². The van der Waals surface area contributed by atoms with Crippen molar-refractivity contribution in [3.8, 4) is 11.5 Å². The molecule has 0 atom stereocenters. The van der Waals surface area contributed by atoms with E-state index in [-0.39, 0.29) is 11.5 Å². The predicted molar refractivity (Wildman–Crippen MR) is 176 cm³/mol. The van der Waals surface area contributed by atoms with Crippen molar-refractivity contribution in [3.05, 3.63) is 65.4 Å². The lowest BCUT2D eigenvalue weighted by Crippen LogP contribution is -2.53. The van der Waals surface area contributed by atoms with E-state index in [1.165, 1.54) is 11.1 Å². The van der Waals surface area contributed by atoms with Gasteiger partial charge >= 0.3 is 0 Å². The van der Waals surface area contributed by atoms with Crippen LogP contribution in [0.4, 0.5) is 5.82 Å².